The SMILES string of the molecule is CCOC(=O)CCN(C)C(=O)c1cc(F)c(F)c(O)c1F. The van der Waals surface area contributed by atoms with E-state index in [0.29, 0.717) is 6.07 Å². The zero-order chi connectivity index (χ0) is 16.2. The molecular weight excluding hydrogens is 291 g/mol. The minimum Gasteiger partial charge on any atom is -0.503 e. The number of amides is 1. The van der Waals surface area contributed by atoms with Gasteiger partial charge in [0.15, 0.2) is 17.4 Å². The maximum Gasteiger partial charge on any atom is 0.307 e. The summed E-state index contributed by atoms with van der Waals surface area (Å²) < 4.78 is 44.3. The molecule has 21 heavy (non-hydrogen) atoms. The van der Waals surface area contributed by atoms with E-state index in [0.717, 1.165) is 4.90 Å². The Bertz CT molecular complexity index is 563. The van der Waals surface area contributed by atoms with Gasteiger partial charge < -0.3 is 14.7 Å². The quantitative estimate of drug-likeness (QED) is 0.666. The number of rotatable bonds is 5. The number of hydrogen-bond acceptors (Lipinski definition) is 4. The summed E-state index contributed by atoms with van der Waals surface area (Å²) in [6.45, 7) is 1.70. The predicted octanol–water partition coefficient (Wildman–Crippen LogP) is 1.83. The third-order valence-electron chi connectivity index (χ3n) is 2.67. The molecule has 1 N–H and O–H groups in total. The van der Waals surface area contributed by atoms with Gasteiger partial charge in [0.25, 0.3) is 5.91 Å². The number of hydrogen-bond donors (Lipinski definition) is 1. The van der Waals surface area contributed by atoms with Crippen LogP contribution >= 0.6 is 0 Å². The molecule has 0 aliphatic rings. The fourth-order valence-electron chi connectivity index (χ4n) is 1.55. The maximum absolute atomic E-state index is 13.6. The summed E-state index contributed by atoms with van der Waals surface area (Å²) in [4.78, 5) is 24.0. The van der Waals surface area contributed by atoms with E-state index >= 15 is 0 Å². The highest BCUT2D eigenvalue weighted by Gasteiger charge is 2.24. The minimum atomic E-state index is -1.77. The van der Waals surface area contributed by atoms with Crippen LogP contribution in [0.5, 0.6) is 5.75 Å². The van der Waals surface area contributed by atoms with Gasteiger partial charge in [-0.3, -0.25) is 9.59 Å². The van der Waals surface area contributed by atoms with Crippen LogP contribution in [0.4, 0.5) is 13.2 Å². The number of benzene rings is 1. The average molecular weight is 305 g/mol. The predicted molar refractivity (Wildman–Crippen MR) is 66.2 cm³/mol. The van der Waals surface area contributed by atoms with Crippen molar-refractivity contribution >= 4 is 11.9 Å². The number of ether oxygens (including phenoxy) is 1. The number of phenols is 1. The fourth-order valence-corrected chi connectivity index (χ4v) is 1.55. The monoisotopic (exact) mass is 305 g/mol. The number of carbonyl (C=O) groups is 2. The van der Waals surface area contributed by atoms with Crippen LogP contribution in [-0.2, 0) is 9.53 Å². The van der Waals surface area contributed by atoms with Crippen LogP contribution in [0.1, 0.15) is 23.7 Å². The second-order valence-electron chi connectivity index (χ2n) is 4.16. The molecule has 0 saturated heterocycles. The Kier molecular flexibility index (Phi) is 5.57. The Morgan fingerprint density at radius 1 is 1.29 bits per heavy atom. The Labute approximate surface area is 118 Å². The van der Waals surface area contributed by atoms with Gasteiger partial charge in [0.05, 0.1) is 18.6 Å². The zero-order valence-electron chi connectivity index (χ0n) is 11.5. The van der Waals surface area contributed by atoms with Crippen molar-refractivity contribution in [1.29, 1.82) is 0 Å². The lowest BCUT2D eigenvalue weighted by molar-refractivity contribution is -0.143. The highest BCUT2D eigenvalue weighted by Crippen LogP contribution is 2.26. The van der Waals surface area contributed by atoms with E-state index in [2.05, 4.69) is 4.74 Å². The van der Waals surface area contributed by atoms with E-state index < -0.39 is 40.6 Å². The molecule has 0 aliphatic carbocycles. The Balaban J connectivity index is 2.86. The lowest BCUT2D eigenvalue weighted by Crippen LogP contribution is -2.30. The van der Waals surface area contributed by atoms with E-state index in [1.807, 2.05) is 0 Å². The van der Waals surface area contributed by atoms with Crippen molar-refractivity contribution in [2.24, 2.45) is 0 Å². The average Bonchev–Trinajstić information content (AvgIpc) is 2.46. The van der Waals surface area contributed by atoms with Crippen LogP contribution < -0.4 is 0 Å². The molecule has 116 valence electrons. The molecule has 0 heterocycles. The van der Waals surface area contributed by atoms with Gasteiger partial charge in [0.1, 0.15) is 0 Å². The van der Waals surface area contributed by atoms with Gasteiger partial charge in [-0.15, -0.1) is 0 Å². The maximum atomic E-state index is 13.6. The van der Waals surface area contributed by atoms with Gasteiger partial charge in [-0.05, 0) is 13.0 Å². The summed E-state index contributed by atoms with van der Waals surface area (Å²) in [5.74, 6) is -7.97. The summed E-state index contributed by atoms with van der Waals surface area (Å²) in [6.07, 6.45) is -0.132. The molecule has 0 atom stereocenters. The first kappa shape index (κ1) is 16.8. The summed E-state index contributed by atoms with van der Waals surface area (Å²) in [7, 11) is 1.25. The van der Waals surface area contributed by atoms with Gasteiger partial charge in [-0.2, -0.15) is 4.39 Å². The van der Waals surface area contributed by atoms with Crippen LogP contribution in [0.25, 0.3) is 0 Å². The number of aromatic hydroxyl groups is 1. The van der Waals surface area contributed by atoms with Crippen LogP contribution in [0.15, 0.2) is 6.07 Å². The first-order chi connectivity index (χ1) is 9.79. The van der Waals surface area contributed by atoms with Gasteiger partial charge in [-0.25, -0.2) is 8.78 Å². The summed E-state index contributed by atoms with van der Waals surface area (Å²) in [5, 5.41) is 9.05. The van der Waals surface area contributed by atoms with Crippen molar-refractivity contribution in [3.05, 3.63) is 29.1 Å². The number of nitrogens with zero attached hydrogens (tertiary/aromatic N) is 1. The molecule has 1 aromatic rings. The van der Waals surface area contributed by atoms with Crippen LogP contribution in [-0.4, -0.2) is 42.1 Å². The standard InChI is InChI=1S/C13H14F3NO4/c1-3-21-9(18)4-5-17(2)13(20)7-6-8(14)11(16)12(19)10(7)15/h6,19H,3-5H2,1-2H3. The van der Waals surface area contributed by atoms with Crippen molar-refractivity contribution in [2.75, 3.05) is 20.2 Å². The summed E-state index contributed by atoms with van der Waals surface area (Å²) >= 11 is 0. The van der Waals surface area contributed by atoms with E-state index in [1.54, 1.807) is 6.92 Å². The fraction of sp³-hybridized carbons (Fsp3) is 0.385. The Hall–Kier alpha value is -2.25. The highest BCUT2D eigenvalue weighted by molar-refractivity contribution is 5.95. The van der Waals surface area contributed by atoms with Crippen LogP contribution in [0, 0.1) is 17.5 Å². The first-order valence-corrected chi connectivity index (χ1v) is 6.07. The highest BCUT2D eigenvalue weighted by atomic mass is 19.2. The van der Waals surface area contributed by atoms with Crippen LogP contribution in [0.2, 0.25) is 0 Å². The number of carbonyl (C=O) groups excluding carboxylic acids is 2. The molecule has 0 fully saturated rings. The third-order valence-corrected chi connectivity index (χ3v) is 2.67. The van der Waals surface area contributed by atoms with Gasteiger partial charge in [0, 0.05) is 13.6 Å². The Morgan fingerprint density at radius 2 is 1.90 bits per heavy atom. The van der Waals surface area contributed by atoms with Gasteiger partial charge >= 0.3 is 5.97 Å². The number of phenolic OH excluding ortho intramolecular Hbond substituents is 1. The molecule has 1 rings (SSSR count). The van der Waals surface area contributed by atoms with E-state index in [-0.39, 0.29) is 19.6 Å². The van der Waals surface area contributed by atoms with Crippen molar-refractivity contribution in [2.45, 2.75) is 13.3 Å². The largest absolute Gasteiger partial charge is 0.503 e. The molecule has 0 aliphatic heterocycles. The number of esters is 1. The first-order valence-electron chi connectivity index (χ1n) is 6.07. The number of halogens is 3. The molecule has 1 amide bonds. The second kappa shape index (κ2) is 6.96. The minimum absolute atomic E-state index is 0.100. The zero-order valence-corrected chi connectivity index (χ0v) is 11.5. The molecule has 0 spiro atoms. The second-order valence-corrected chi connectivity index (χ2v) is 4.16. The smallest absolute Gasteiger partial charge is 0.307 e. The van der Waals surface area contributed by atoms with E-state index in [4.69, 9.17) is 5.11 Å². The van der Waals surface area contributed by atoms with E-state index in [1.165, 1.54) is 7.05 Å². The van der Waals surface area contributed by atoms with Gasteiger partial charge in [0.2, 0.25) is 5.82 Å². The molecule has 1 aromatic carbocycles. The lowest BCUT2D eigenvalue weighted by atomic mass is 10.1. The van der Waals surface area contributed by atoms with Crippen molar-refractivity contribution < 1.29 is 32.6 Å². The molecule has 0 aromatic heterocycles. The van der Waals surface area contributed by atoms with Gasteiger partial charge in [-0.1, -0.05) is 0 Å². The van der Waals surface area contributed by atoms with Crippen molar-refractivity contribution in [3.63, 3.8) is 0 Å². The molecule has 0 unspecified atom stereocenters. The lowest BCUT2D eigenvalue weighted by Gasteiger charge is -2.17. The molecule has 8 heteroatoms. The molecule has 5 nitrogen and oxygen atoms in total. The van der Waals surface area contributed by atoms with Crippen molar-refractivity contribution in [1.82, 2.24) is 4.90 Å². The van der Waals surface area contributed by atoms with Crippen LogP contribution in [0.3, 0.4) is 0 Å². The third kappa shape index (κ3) is 3.87. The summed E-state index contributed by atoms with van der Waals surface area (Å²) in [6, 6.07) is 0.355. The van der Waals surface area contributed by atoms with E-state index in [9.17, 15) is 22.8 Å². The molecule has 0 bridgehead atoms. The molecule has 0 radical (unpaired) electrons. The molecule has 0 saturated carbocycles. The van der Waals surface area contributed by atoms with Crippen molar-refractivity contribution in [3.8, 4) is 5.75 Å². The summed E-state index contributed by atoms with van der Waals surface area (Å²) in [5.41, 5.74) is -0.822. The topological polar surface area (TPSA) is 66.8 Å². The normalized spacial score (nSPS) is 10.3. The molecular formula is C13H14F3NO4. The Morgan fingerprint density at radius 3 is 2.48 bits per heavy atom.